The van der Waals surface area contributed by atoms with Gasteiger partial charge in [-0.05, 0) is 42.9 Å². The normalized spacial score (nSPS) is 17.8. The molecule has 3 rings (SSSR count). The van der Waals surface area contributed by atoms with Crippen molar-refractivity contribution in [1.29, 1.82) is 0 Å². The molecule has 4 nitrogen and oxygen atoms in total. The Labute approximate surface area is 141 Å². The zero-order chi connectivity index (χ0) is 16.5. The van der Waals surface area contributed by atoms with E-state index in [9.17, 15) is 13.5 Å². The first-order valence-corrected chi connectivity index (χ1v) is 10.1. The maximum Gasteiger partial charge on any atom is 0.250 e. The molecule has 0 spiro atoms. The highest BCUT2D eigenvalue weighted by Gasteiger charge is 2.45. The Balaban J connectivity index is 1.79. The molecule has 1 atom stereocenters. The highest BCUT2D eigenvalue weighted by molar-refractivity contribution is 7.91. The van der Waals surface area contributed by atoms with Crippen molar-refractivity contribution >= 4 is 21.4 Å². The zero-order valence-corrected chi connectivity index (χ0v) is 14.7. The molecular weight excluding hydrogens is 330 g/mol. The van der Waals surface area contributed by atoms with Crippen LogP contribution in [0.2, 0.25) is 0 Å². The van der Waals surface area contributed by atoms with Crippen LogP contribution in [0.3, 0.4) is 0 Å². The average molecular weight is 351 g/mol. The predicted octanol–water partition coefficient (Wildman–Crippen LogP) is 2.89. The monoisotopic (exact) mass is 351 g/mol. The molecule has 1 aliphatic rings. The highest BCUT2D eigenvalue weighted by Crippen LogP contribution is 2.45. The molecule has 1 heterocycles. The number of aliphatic hydroxyl groups is 1. The van der Waals surface area contributed by atoms with Gasteiger partial charge < -0.3 is 5.11 Å². The number of nitrogens with one attached hydrogen (secondary N) is 1. The van der Waals surface area contributed by atoms with Crippen LogP contribution in [-0.2, 0) is 22.0 Å². The van der Waals surface area contributed by atoms with Crippen molar-refractivity contribution in [3.63, 3.8) is 0 Å². The molecule has 1 fully saturated rings. The number of thiophene rings is 1. The molecule has 124 valence electrons. The second kappa shape index (κ2) is 6.36. The van der Waals surface area contributed by atoms with E-state index in [4.69, 9.17) is 0 Å². The number of sulfonamides is 1. The summed E-state index contributed by atoms with van der Waals surface area (Å²) in [6.45, 7) is 2.00. The SMILES string of the molecule is CCc1ccc(S(=O)(=O)NC[C@@](O)(c2ccccc2)C2CC2)s1. The van der Waals surface area contributed by atoms with E-state index in [0.29, 0.717) is 4.21 Å². The van der Waals surface area contributed by atoms with Crippen molar-refractivity contribution in [3.8, 4) is 0 Å². The van der Waals surface area contributed by atoms with Crippen LogP contribution in [0.15, 0.2) is 46.7 Å². The van der Waals surface area contributed by atoms with Gasteiger partial charge in [0.1, 0.15) is 9.81 Å². The minimum atomic E-state index is -3.59. The van der Waals surface area contributed by atoms with E-state index in [2.05, 4.69) is 4.72 Å². The molecule has 23 heavy (non-hydrogen) atoms. The second-order valence-electron chi connectivity index (χ2n) is 5.96. The third-order valence-electron chi connectivity index (χ3n) is 4.31. The molecule has 0 bridgehead atoms. The summed E-state index contributed by atoms with van der Waals surface area (Å²) in [6.07, 6.45) is 2.66. The number of aryl methyl sites for hydroxylation is 1. The fraction of sp³-hybridized carbons (Fsp3) is 0.412. The summed E-state index contributed by atoms with van der Waals surface area (Å²) in [7, 11) is -3.59. The standard InChI is InChI=1S/C17H21NO3S2/c1-2-15-10-11-16(22-15)23(20,21)18-12-17(19,14-8-9-14)13-6-4-3-5-7-13/h3-7,10-11,14,18-19H,2,8-9,12H2,1H3/t17-/m1/s1. The third kappa shape index (κ3) is 3.50. The van der Waals surface area contributed by atoms with E-state index in [0.717, 1.165) is 29.7 Å². The molecule has 2 N–H and O–H groups in total. The van der Waals surface area contributed by atoms with Crippen LogP contribution in [0.25, 0.3) is 0 Å². The molecule has 6 heteroatoms. The van der Waals surface area contributed by atoms with Crippen LogP contribution in [0.5, 0.6) is 0 Å². The van der Waals surface area contributed by atoms with Crippen molar-refractivity contribution in [1.82, 2.24) is 4.72 Å². The van der Waals surface area contributed by atoms with Gasteiger partial charge >= 0.3 is 0 Å². The summed E-state index contributed by atoms with van der Waals surface area (Å²) in [5.41, 5.74) is -0.371. The first-order valence-electron chi connectivity index (χ1n) is 7.82. The fourth-order valence-corrected chi connectivity index (χ4v) is 5.15. The van der Waals surface area contributed by atoms with Crippen molar-refractivity contribution in [2.75, 3.05) is 6.54 Å². The molecular formula is C17H21NO3S2. The maximum absolute atomic E-state index is 12.5. The molecule has 0 aliphatic heterocycles. The Hall–Kier alpha value is -1.21. The van der Waals surface area contributed by atoms with Crippen LogP contribution in [0.4, 0.5) is 0 Å². The number of rotatable bonds is 7. The van der Waals surface area contributed by atoms with Gasteiger partial charge in [-0.2, -0.15) is 0 Å². The maximum atomic E-state index is 12.5. The molecule has 2 aromatic rings. The summed E-state index contributed by atoms with van der Waals surface area (Å²) in [6, 6.07) is 12.8. The van der Waals surface area contributed by atoms with Crippen LogP contribution in [-0.4, -0.2) is 20.1 Å². The minimum Gasteiger partial charge on any atom is -0.383 e. The Kier molecular flexibility index (Phi) is 4.60. The minimum absolute atomic E-state index is 0.00334. The topological polar surface area (TPSA) is 66.4 Å². The van der Waals surface area contributed by atoms with Gasteiger partial charge in [-0.3, -0.25) is 0 Å². The highest BCUT2D eigenvalue weighted by atomic mass is 32.2. The summed E-state index contributed by atoms with van der Waals surface area (Å²) in [5, 5.41) is 11.1. The first kappa shape index (κ1) is 16.6. The smallest absolute Gasteiger partial charge is 0.250 e. The van der Waals surface area contributed by atoms with Crippen molar-refractivity contribution in [3.05, 3.63) is 52.9 Å². The van der Waals surface area contributed by atoms with E-state index in [1.807, 2.05) is 43.3 Å². The zero-order valence-electron chi connectivity index (χ0n) is 13.0. The van der Waals surface area contributed by atoms with Crippen LogP contribution >= 0.6 is 11.3 Å². The molecule has 0 saturated heterocycles. The quantitative estimate of drug-likeness (QED) is 0.806. The van der Waals surface area contributed by atoms with Gasteiger partial charge in [0.2, 0.25) is 10.0 Å². The van der Waals surface area contributed by atoms with Crippen LogP contribution < -0.4 is 4.72 Å². The van der Waals surface area contributed by atoms with Gasteiger partial charge in [0, 0.05) is 11.4 Å². The second-order valence-corrected chi connectivity index (χ2v) is 9.13. The van der Waals surface area contributed by atoms with Crippen LogP contribution in [0.1, 0.15) is 30.2 Å². The van der Waals surface area contributed by atoms with Crippen molar-refractivity contribution in [2.45, 2.75) is 36.0 Å². The first-order chi connectivity index (χ1) is 11.0. The van der Waals surface area contributed by atoms with Gasteiger partial charge in [-0.1, -0.05) is 37.3 Å². The number of benzene rings is 1. The summed E-state index contributed by atoms with van der Waals surface area (Å²) >= 11 is 1.28. The lowest BCUT2D eigenvalue weighted by atomic mass is 9.89. The molecule has 1 aromatic heterocycles. The van der Waals surface area contributed by atoms with Gasteiger partial charge in [-0.25, -0.2) is 13.1 Å². The van der Waals surface area contributed by atoms with Gasteiger partial charge in [0.25, 0.3) is 0 Å². The van der Waals surface area contributed by atoms with E-state index in [1.165, 1.54) is 11.3 Å². The van der Waals surface area contributed by atoms with Crippen LogP contribution in [0, 0.1) is 5.92 Å². The van der Waals surface area contributed by atoms with E-state index in [1.54, 1.807) is 6.07 Å². The Morgan fingerprint density at radius 2 is 1.91 bits per heavy atom. The van der Waals surface area contributed by atoms with Gasteiger partial charge in [-0.15, -0.1) is 11.3 Å². The summed E-state index contributed by atoms with van der Waals surface area (Å²) in [4.78, 5) is 1.03. The number of hydrogen-bond donors (Lipinski definition) is 2. The Bertz CT molecular complexity index is 766. The largest absolute Gasteiger partial charge is 0.383 e. The lowest BCUT2D eigenvalue weighted by Gasteiger charge is -2.29. The van der Waals surface area contributed by atoms with Gasteiger partial charge in [0.15, 0.2) is 0 Å². The molecule has 1 aromatic carbocycles. The molecule has 0 radical (unpaired) electrons. The molecule has 0 amide bonds. The molecule has 0 unspecified atom stereocenters. The van der Waals surface area contributed by atoms with Gasteiger partial charge in [0.05, 0.1) is 0 Å². The third-order valence-corrected chi connectivity index (χ3v) is 7.43. The van der Waals surface area contributed by atoms with Crippen molar-refractivity contribution in [2.24, 2.45) is 5.92 Å². The predicted molar refractivity (Wildman–Crippen MR) is 91.9 cm³/mol. The molecule has 1 saturated carbocycles. The Morgan fingerprint density at radius 1 is 1.22 bits per heavy atom. The fourth-order valence-electron chi connectivity index (χ4n) is 2.74. The van der Waals surface area contributed by atoms with E-state index in [-0.39, 0.29) is 12.5 Å². The number of hydrogen-bond acceptors (Lipinski definition) is 4. The lowest BCUT2D eigenvalue weighted by Crippen LogP contribution is -2.42. The van der Waals surface area contributed by atoms with E-state index < -0.39 is 15.6 Å². The Morgan fingerprint density at radius 3 is 2.48 bits per heavy atom. The van der Waals surface area contributed by atoms with E-state index >= 15 is 0 Å². The molecule has 1 aliphatic carbocycles. The lowest BCUT2D eigenvalue weighted by molar-refractivity contribution is 0.0185. The summed E-state index contributed by atoms with van der Waals surface area (Å²) in [5.74, 6) is 0.113. The summed E-state index contributed by atoms with van der Waals surface area (Å²) < 4.78 is 27.9. The van der Waals surface area contributed by atoms with Crippen molar-refractivity contribution < 1.29 is 13.5 Å². The average Bonchev–Trinajstić information content (AvgIpc) is 3.31.